The molecule has 0 aliphatic carbocycles. The molecule has 1 N–H and O–H groups in total. The molecule has 1 aromatic carbocycles. The van der Waals surface area contributed by atoms with Gasteiger partial charge in [0.25, 0.3) is 5.69 Å². The van der Waals surface area contributed by atoms with E-state index in [-0.39, 0.29) is 11.4 Å². The normalized spacial score (nSPS) is 12.2. The molecule has 1 unspecified atom stereocenters. The van der Waals surface area contributed by atoms with Crippen molar-refractivity contribution in [1.82, 2.24) is 0 Å². The number of hydrogen-bond donors (Lipinski definition) is 1. The number of hydrogen-bond acceptors (Lipinski definition) is 4. The molecule has 0 saturated heterocycles. The Hall–Kier alpha value is -1.62. The summed E-state index contributed by atoms with van der Waals surface area (Å²) in [5.41, 5.74) is -0.0573. The number of rotatable bonds is 3. The van der Waals surface area contributed by atoms with Crippen LogP contribution in [0.1, 0.15) is 6.92 Å². The van der Waals surface area contributed by atoms with E-state index in [0.29, 0.717) is 0 Å². The maximum atomic E-state index is 10.3. The summed E-state index contributed by atoms with van der Waals surface area (Å²) >= 11 is 0. The zero-order chi connectivity index (χ0) is 9.84. The zero-order valence-corrected chi connectivity index (χ0v) is 7.01. The number of nitro groups is 1. The Bertz CT molecular complexity index is 311. The highest BCUT2D eigenvalue weighted by atomic mass is 16.6. The summed E-state index contributed by atoms with van der Waals surface area (Å²) in [6, 6.07) is 5.65. The summed E-state index contributed by atoms with van der Waals surface area (Å²) in [5, 5.41) is 19.2. The van der Waals surface area contributed by atoms with E-state index in [1.54, 1.807) is 6.07 Å². The molecular weight excluding hydrogens is 174 g/mol. The maximum absolute atomic E-state index is 10.3. The van der Waals surface area contributed by atoms with Crippen molar-refractivity contribution in [2.45, 2.75) is 13.2 Å². The molecule has 0 saturated carbocycles. The largest absolute Gasteiger partial charge is 0.465 e. The van der Waals surface area contributed by atoms with Crippen molar-refractivity contribution in [2.24, 2.45) is 0 Å². The molecule has 0 heterocycles. The van der Waals surface area contributed by atoms with Gasteiger partial charge in [0.05, 0.1) is 11.0 Å². The molecule has 1 aromatic rings. The highest BCUT2D eigenvalue weighted by Crippen LogP contribution is 2.19. The predicted molar refractivity (Wildman–Crippen MR) is 45.4 cm³/mol. The molecule has 5 heteroatoms. The fourth-order valence-electron chi connectivity index (χ4n) is 0.867. The third kappa shape index (κ3) is 2.72. The number of aliphatic hydroxyl groups excluding tert-OH is 1. The molecule has 1 atom stereocenters. The van der Waals surface area contributed by atoms with Crippen molar-refractivity contribution in [1.29, 1.82) is 0 Å². The van der Waals surface area contributed by atoms with Crippen molar-refractivity contribution in [3.63, 3.8) is 0 Å². The first kappa shape index (κ1) is 9.47. The van der Waals surface area contributed by atoms with Crippen LogP contribution in [0.4, 0.5) is 5.69 Å². The first-order valence-electron chi connectivity index (χ1n) is 3.69. The first-order valence-corrected chi connectivity index (χ1v) is 3.69. The lowest BCUT2D eigenvalue weighted by atomic mass is 10.3. The second kappa shape index (κ2) is 3.86. The molecule has 0 radical (unpaired) electrons. The van der Waals surface area contributed by atoms with Gasteiger partial charge in [-0.3, -0.25) is 10.1 Å². The molecule has 0 fully saturated rings. The van der Waals surface area contributed by atoms with Crippen LogP contribution in [-0.2, 0) is 0 Å². The Morgan fingerprint density at radius 1 is 1.62 bits per heavy atom. The van der Waals surface area contributed by atoms with Crippen LogP contribution in [0.25, 0.3) is 0 Å². The molecule has 70 valence electrons. The summed E-state index contributed by atoms with van der Waals surface area (Å²) in [4.78, 5) is 9.81. The maximum Gasteiger partial charge on any atom is 0.273 e. The minimum absolute atomic E-state index is 0.0573. The highest BCUT2D eigenvalue weighted by Gasteiger charge is 2.07. The summed E-state index contributed by atoms with van der Waals surface area (Å²) in [6.45, 7) is 1.43. The van der Waals surface area contributed by atoms with E-state index < -0.39 is 11.2 Å². The lowest BCUT2D eigenvalue weighted by molar-refractivity contribution is -0.385. The number of aliphatic hydroxyl groups is 1. The van der Waals surface area contributed by atoms with Crippen LogP contribution < -0.4 is 4.74 Å². The van der Waals surface area contributed by atoms with Gasteiger partial charge in [-0.1, -0.05) is 6.07 Å². The van der Waals surface area contributed by atoms with Gasteiger partial charge in [-0.2, -0.15) is 0 Å². The smallest absolute Gasteiger partial charge is 0.273 e. The first-order chi connectivity index (χ1) is 6.09. The average molecular weight is 183 g/mol. The van der Waals surface area contributed by atoms with Crippen molar-refractivity contribution in [3.8, 4) is 5.75 Å². The second-order valence-corrected chi connectivity index (χ2v) is 2.47. The summed E-state index contributed by atoms with van der Waals surface area (Å²) in [7, 11) is 0. The number of ether oxygens (including phenoxy) is 1. The molecule has 0 aromatic heterocycles. The zero-order valence-electron chi connectivity index (χ0n) is 7.01. The van der Waals surface area contributed by atoms with E-state index >= 15 is 0 Å². The van der Waals surface area contributed by atoms with E-state index in [0.717, 1.165) is 0 Å². The Morgan fingerprint density at radius 3 is 2.85 bits per heavy atom. The van der Waals surface area contributed by atoms with Crippen LogP contribution in [0.5, 0.6) is 5.75 Å². The molecule has 5 nitrogen and oxygen atoms in total. The summed E-state index contributed by atoms with van der Waals surface area (Å²) < 4.78 is 4.86. The van der Waals surface area contributed by atoms with Crippen LogP contribution in [0, 0.1) is 10.1 Å². The Kier molecular flexibility index (Phi) is 2.81. The monoisotopic (exact) mass is 183 g/mol. The quantitative estimate of drug-likeness (QED) is 0.435. The molecule has 1 rings (SSSR count). The minimum Gasteiger partial charge on any atom is -0.465 e. The fraction of sp³-hybridized carbons (Fsp3) is 0.250. The van der Waals surface area contributed by atoms with Crippen molar-refractivity contribution in [3.05, 3.63) is 34.4 Å². The van der Waals surface area contributed by atoms with Crippen LogP contribution >= 0.6 is 0 Å². The van der Waals surface area contributed by atoms with Gasteiger partial charge in [0.15, 0.2) is 6.29 Å². The summed E-state index contributed by atoms with van der Waals surface area (Å²) in [6.07, 6.45) is -0.970. The molecule has 0 spiro atoms. The number of non-ortho nitro benzene ring substituents is 1. The van der Waals surface area contributed by atoms with Gasteiger partial charge in [-0.15, -0.1) is 0 Å². The Labute approximate surface area is 74.7 Å². The summed E-state index contributed by atoms with van der Waals surface area (Å²) in [5.74, 6) is 0.282. The molecule has 0 aliphatic heterocycles. The molecule has 0 bridgehead atoms. The van der Waals surface area contributed by atoms with Gasteiger partial charge < -0.3 is 9.84 Å². The van der Waals surface area contributed by atoms with Crippen LogP contribution in [0.15, 0.2) is 24.3 Å². The Morgan fingerprint density at radius 2 is 2.31 bits per heavy atom. The van der Waals surface area contributed by atoms with Crippen LogP contribution in [0.2, 0.25) is 0 Å². The minimum atomic E-state index is -0.970. The fourth-order valence-corrected chi connectivity index (χ4v) is 0.867. The van der Waals surface area contributed by atoms with E-state index in [1.165, 1.54) is 25.1 Å². The van der Waals surface area contributed by atoms with E-state index in [4.69, 9.17) is 9.84 Å². The van der Waals surface area contributed by atoms with Gasteiger partial charge in [0.2, 0.25) is 0 Å². The van der Waals surface area contributed by atoms with Crippen molar-refractivity contribution < 1.29 is 14.8 Å². The van der Waals surface area contributed by atoms with Gasteiger partial charge in [-0.05, 0) is 13.0 Å². The van der Waals surface area contributed by atoms with Crippen molar-refractivity contribution >= 4 is 5.69 Å². The number of benzene rings is 1. The van der Waals surface area contributed by atoms with Crippen LogP contribution in [-0.4, -0.2) is 16.3 Å². The Balaban J connectivity index is 2.85. The standard InChI is InChI=1S/C8H9NO4/c1-6(10)13-8-4-2-3-7(5-8)9(11)12/h2-6,10H,1H3. The van der Waals surface area contributed by atoms with E-state index in [1.807, 2.05) is 0 Å². The van der Waals surface area contributed by atoms with E-state index in [9.17, 15) is 10.1 Å². The lowest BCUT2D eigenvalue weighted by Crippen LogP contribution is -2.09. The third-order valence-electron chi connectivity index (χ3n) is 1.34. The molecule has 0 amide bonds. The average Bonchev–Trinajstić information content (AvgIpc) is 2.03. The molecule has 0 aliphatic rings. The topological polar surface area (TPSA) is 72.6 Å². The van der Waals surface area contributed by atoms with Gasteiger partial charge in [-0.25, -0.2) is 0 Å². The van der Waals surface area contributed by atoms with Gasteiger partial charge in [0.1, 0.15) is 5.75 Å². The number of nitrogens with zero attached hydrogens (tertiary/aromatic N) is 1. The van der Waals surface area contributed by atoms with Gasteiger partial charge >= 0.3 is 0 Å². The highest BCUT2D eigenvalue weighted by molar-refractivity contribution is 5.37. The third-order valence-corrected chi connectivity index (χ3v) is 1.34. The van der Waals surface area contributed by atoms with E-state index in [2.05, 4.69) is 0 Å². The SMILES string of the molecule is CC(O)Oc1cccc([N+](=O)[O-])c1. The lowest BCUT2D eigenvalue weighted by Gasteiger charge is -2.07. The van der Waals surface area contributed by atoms with Crippen LogP contribution in [0.3, 0.4) is 0 Å². The second-order valence-electron chi connectivity index (χ2n) is 2.47. The molecular formula is C8H9NO4. The molecule has 13 heavy (non-hydrogen) atoms. The van der Waals surface area contributed by atoms with Crippen molar-refractivity contribution in [2.75, 3.05) is 0 Å². The number of nitro benzene ring substituents is 1. The van der Waals surface area contributed by atoms with Gasteiger partial charge in [0, 0.05) is 6.07 Å². The predicted octanol–water partition coefficient (Wildman–Crippen LogP) is 1.31.